The lowest BCUT2D eigenvalue weighted by atomic mass is 10.3. The predicted octanol–water partition coefficient (Wildman–Crippen LogP) is 3.87. The van der Waals surface area contributed by atoms with Crippen LogP contribution in [0.4, 0.5) is 5.69 Å². The van der Waals surface area contributed by atoms with Crippen LogP contribution in [0.15, 0.2) is 58.6 Å². The second-order valence-corrected chi connectivity index (χ2v) is 6.44. The number of anilines is 1. The predicted molar refractivity (Wildman–Crippen MR) is 93.4 cm³/mol. The molecule has 0 saturated heterocycles. The number of nitrogens with zero attached hydrogens (tertiary/aromatic N) is 2. The van der Waals surface area contributed by atoms with Crippen LogP contribution in [-0.4, -0.2) is 21.6 Å². The molecule has 5 nitrogen and oxygen atoms in total. The van der Waals surface area contributed by atoms with E-state index in [9.17, 15) is 4.79 Å². The van der Waals surface area contributed by atoms with Crippen LogP contribution in [0.25, 0.3) is 11.0 Å². The molecule has 2 aromatic carbocycles. The molecule has 7 heteroatoms. The Kier molecular flexibility index (Phi) is 4.86. The molecule has 0 atom stereocenters. The van der Waals surface area contributed by atoms with Gasteiger partial charge in [-0.1, -0.05) is 23.9 Å². The summed E-state index contributed by atoms with van der Waals surface area (Å²) in [6.07, 6.45) is 0. The van der Waals surface area contributed by atoms with E-state index in [2.05, 4.69) is 15.3 Å². The smallest absolute Gasteiger partial charge is 0.234 e. The Hall–Kier alpha value is -2.43. The highest BCUT2D eigenvalue weighted by molar-refractivity contribution is 8.03. The number of nitriles is 1. The van der Waals surface area contributed by atoms with Crippen LogP contribution < -0.4 is 5.32 Å². The molecule has 1 heterocycles. The van der Waals surface area contributed by atoms with Gasteiger partial charge in [-0.15, -0.1) is 0 Å². The second kappa shape index (κ2) is 7.22. The van der Waals surface area contributed by atoms with E-state index >= 15 is 0 Å². The number of para-hydroxylation sites is 2. The number of aromatic amines is 1. The first-order valence-corrected chi connectivity index (χ1v) is 8.58. The molecule has 0 unspecified atom stereocenters. The Morgan fingerprint density at radius 1 is 1.22 bits per heavy atom. The van der Waals surface area contributed by atoms with Crippen molar-refractivity contribution in [1.29, 1.82) is 5.26 Å². The average Bonchev–Trinajstić information content (AvgIpc) is 2.98. The Morgan fingerprint density at radius 2 is 2.00 bits per heavy atom. The third kappa shape index (κ3) is 4.06. The summed E-state index contributed by atoms with van der Waals surface area (Å²) in [7, 11) is 0. The SMILES string of the molecule is N#CSc1ccc(NC(=O)CSc2nc3ccccc3[nH]2)cc1. The van der Waals surface area contributed by atoms with Gasteiger partial charge in [0.2, 0.25) is 5.91 Å². The molecule has 0 aliphatic rings. The van der Waals surface area contributed by atoms with Crippen LogP contribution in [0.1, 0.15) is 0 Å². The number of fused-ring (bicyclic) bond motifs is 1. The monoisotopic (exact) mass is 340 g/mol. The molecule has 23 heavy (non-hydrogen) atoms. The molecule has 1 aromatic heterocycles. The first kappa shape index (κ1) is 15.5. The Morgan fingerprint density at radius 3 is 2.74 bits per heavy atom. The van der Waals surface area contributed by atoms with Gasteiger partial charge in [0.05, 0.1) is 16.8 Å². The van der Waals surface area contributed by atoms with Crippen molar-refractivity contribution < 1.29 is 4.79 Å². The number of aromatic nitrogens is 2. The van der Waals surface area contributed by atoms with Crippen molar-refractivity contribution in [2.75, 3.05) is 11.1 Å². The highest BCUT2D eigenvalue weighted by atomic mass is 32.2. The van der Waals surface area contributed by atoms with Gasteiger partial charge in [-0.05, 0) is 48.2 Å². The minimum atomic E-state index is -0.101. The normalized spacial score (nSPS) is 10.4. The highest BCUT2D eigenvalue weighted by Crippen LogP contribution is 2.21. The fourth-order valence-electron chi connectivity index (χ4n) is 1.99. The number of thioether (sulfide) groups is 2. The fourth-order valence-corrected chi connectivity index (χ4v) is 3.05. The minimum Gasteiger partial charge on any atom is -0.333 e. The lowest BCUT2D eigenvalue weighted by molar-refractivity contribution is -0.113. The maximum absolute atomic E-state index is 12.0. The molecular formula is C16H12N4OS2. The Balaban J connectivity index is 1.55. The van der Waals surface area contributed by atoms with Crippen LogP contribution in [0, 0.1) is 10.7 Å². The Labute approximate surface area is 141 Å². The van der Waals surface area contributed by atoms with Crippen molar-refractivity contribution in [1.82, 2.24) is 9.97 Å². The van der Waals surface area contributed by atoms with E-state index in [1.165, 1.54) is 11.8 Å². The molecule has 3 rings (SSSR count). The molecular weight excluding hydrogens is 328 g/mol. The summed E-state index contributed by atoms with van der Waals surface area (Å²) in [5, 5.41) is 14.2. The molecule has 0 aliphatic carbocycles. The summed E-state index contributed by atoms with van der Waals surface area (Å²) >= 11 is 2.45. The number of imidazole rings is 1. The van der Waals surface area contributed by atoms with E-state index in [1.807, 2.05) is 29.7 Å². The number of benzene rings is 2. The van der Waals surface area contributed by atoms with E-state index in [1.54, 1.807) is 24.3 Å². The third-order valence-electron chi connectivity index (χ3n) is 3.01. The molecule has 114 valence electrons. The number of H-pyrrole nitrogens is 1. The van der Waals surface area contributed by atoms with Crippen molar-refractivity contribution in [2.24, 2.45) is 0 Å². The molecule has 0 saturated carbocycles. The topological polar surface area (TPSA) is 81.6 Å². The van der Waals surface area contributed by atoms with Crippen LogP contribution in [0.5, 0.6) is 0 Å². The largest absolute Gasteiger partial charge is 0.333 e. The minimum absolute atomic E-state index is 0.101. The lowest BCUT2D eigenvalue weighted by Crippen LogP contribution is -2.13. The van der Waals surface area contributed by atoms with E-state index in [0.717, 1.165) is 32.8 Å². The molecule has 2 N–H and O–H groups in total. The van der Waals surface area contributed by atoms with Crippen LogP contribution in [0.2, 0.25) is 0 Å². The number of hydrogen-bond acceptors (Lipinski definition) is 5. The van der Waals surface area contributed by atoms with Crippen molar-refractivity contribution in [3.05, 3.63) is 48.5 Å². The van der Waals surface area contributed by atoms with Gasteiger partial charge in [-0.25, -0.2) is 4.98 Å². The summed E-state index contributed by atoms with van der Waals surface area (Å²) in [5.74, 6) is 0.172. The van der Waals surface area contributed by atoms with Crippen molar-refractivity contribution in [2.45, 2.75) is 10.1 Å². The van der Waals surface area contributed by atoms with E-state index in [4.69, 9.17) is 5.26 Å². The van der Waals surface area contributed by atoms with Gasteiger partial charge in [0.1, 0.15) is 5.40 Å². The van der Waals surface area contributed by atoms with Crippen molar-refractivity contribution >= 4 is 46.2 Å². The van der Waals surface area contributed by atoms with Crippen LogP contribution in [0.3, 0.4) is 0 Å². The number of hydrogen-bond donors (Lipinski definition) is 2. The molecule has 0 radical (unpaired) electrons. The van der Waals surface area contributed by atoms with Gasteiger partial charge in [0.15, 0.2) is 5.16 Å². The zero-order valence-electron chi connectivity index (χ0n) is 11.9. The van der Waals surface area contributed by atoms with E-state index in [0.29, 0.717) is 5.69 Å². The van der Waals surface area contributed by atoms with Crippen molar-refractivity contribution in [3.8, 4) is 5.40 Å². The molecule has 0 bridgehead atoms. The van der Waals surface area contributed by atoms with Gasteiger partial charge in [-0.2, -0.15) is 5.26 Å². The van der Waals surface area contributed by atoms with Gasteiger partial charge >= 0.3 is 0 Å². The summed E-state index contributed by atoms with van der Waals surface area (Å²) in [6, 6.07) is 14.9. The number of carbonyl (C=O) groups is 1. The summed E-state index contributed by atoms with van der Waals surface area (Å²) in [6.45, 7) is 0. The maximum atomic E-state index is 12.0. The van der Waals surface area contributed by atoms with E-state index in [-0.39, 0.29) is 11.7 Å². The fraction of sp³-hybridized carbons (Fsp3) is 0.0625. The van der Waals surface area contributed by atoms with Gasteiger partial charge in [-0.3, -0.25) is 4.79 Å². The molecule has 3 aromatic rings. The van der Waals surface area contributed by atoms with Gasteiger partial charge in [0, 0.05) is 10.6 Å². The third-order valence-corrected chi connectivity index (χ3v) is 4.48. The number of thiocyanates is 1. The summed E-state index contributed by atoms with van der Waals surface area (Å²) < 4.78 is 0. The zero-order valence-corrected chi connectivity index (χ0v) is 13.6. The lowest BCUT2D eigenvalue weighted by Gasteiger charge is -2.04. The van der Waals surface area contributed by atoms with Gasteiger partial charge in [0.25, 0.3) is 0 Å². The zero-order chi connectivity index (χ0) is 16.1. The quantitative estimate of drug-likeness (QED) is 0.544. The standard InChI is InChI=1S/C16H12N4OS2/c17-10-23-12-7-5-11(6-8-12)18-15(21)9-22-16-19-13-3-1-2-4-14(13)20-16/h1-8H,9H2,(H,18,21)(H,19,20). The van der Waals surface area contributed by atoms with Crippen LogP contribution in [-0.2, 0) is 4.79 Å². The number of nitrogens with one attached hydrogen (secondary N) is 2. The molecule has 0 fully saturated rings. The van der Waals surface area contributed by atoms with Gasteiger partial charge < -0.3 is 10.3 Å². The van der Waals surface area contributed by atoms with Crippen LogP contribution >= 0.6 is 23.5 Å². The first-order chi connectivity index (χ1) is 11.2. The Bertz CT molecular complexity index is 835. The summed E-state index contributed by atoms with van der Waals surface area (Å²) in [4.78, 5) is 20.4. The first-order valence-electron chi connectivity index (χ1n) is 6.78. The highest BCUT2D eigenvalue weighted by Gasteiger charge is 2.07. The number of amides is 1. The molecule has 1 amide bonds. The average molecular weight is 340 g/mol. The maximum Gasteiger partial charge on any atom is 0.234 e. The summed E-state index contributed by atoms with van der Waals surface area (Å²) in [5.41, 5.74) is 2.56. The number of rotatable bonds is 5. The second-order valence-electron chi connectivity index (χ2n) is 4.61. The molecule has 0 spiro atoms. The van der Waals surface area contributed by atoms with Crippen molar-refractivity contribution in [3.63, 3.8) is 0 Å². The molecule has 0 aliphatic heterocycles. The number of carbonyl (C=O) groups excluding carboxylic acids is 1. The van der Waals surface area contributed by atoms with E-state index < -0.39 is 0 Å².